The van der Waals surface area contributed by atoms with E-state index < -0.39 is 8.60 Å². The molecule has 0 radical (unpaired) electrons. The zero-order valence-corrected chi connectivity index (χ0v) is 22.2. The zero-order valence-electron chi connectivity index (χ0n) is 21.3. The van der Waals surface area contributed by atoms with E-state index in [4.69, 9.17) is 9.05 Å². The highest BCUT2D eigenvalue weighted by molar-refractivity contribution is 7.40. The van der Waals surface area contributed by atoms with Crippen LogP contribution in [0.15, 0.2) is 60.7 Å². The number of carbonyl (C=O) groups excluding carboxylic acids is 1. The van der Waals surface area contributed by atoms with Gasteiger partial charge < -0.3 is 19.3 Å². The molecule has 35 heavy (non-hydrogen) atoms. The van der Waals surface area contributed by atoms with E-state index in [1.165, 1.54) is 11.1 Å². The van der Waals surface area contributed by atoms with E-state index in [0.717, 1.165) is 57.9 Å². The highest BCUT2D eigenvalue weighted by atomic mass is 31.2. The molecule has 1 unspecified atom stereocenters. The van der Waals surface area contributed by atoms with Crippen molar-refractivity contribution in [3.05, 3.63) is 71.8 Å². The maximum Gasteiger partial charge on any atom is 0.330 e. The van der Waals surface area contributed by atoms with Gasteiger partial charge in [-0.3, -0.25) is 4.79 Å². The smallest absolute Gasteiger partial charge is 0.330 e. The fourth-order valence-electron chi connectivity index (χ4n) is 5.00. The van der Waals surface area contributed by atoms with Crippen LogP contribution in [0, 0.1) is 5.92 Å². The number of hydrogen-bond acceptors (Lipinski definition) is 4. The molecule has 2 aromatic carbocycles. The van der Waals surface area contributed by atoms with Gasteiger partial charge in [0.15, 0.2) is 0 Å². The molecule has 1 aliphatic carbocycles. The fourth-order valence-corrected chi connectivity index (χ4v) is 5.81. The van der Waals surface area contributed by atoms with Crippen LogP contribution in [0.2, 0.25) is 0 Å². The molecular formula is C29H42NO4P. The van der Waals surface area contributed by atoms with Crippen LogP contribution in [0.1, 0.15) is 82.8 Å². The average molecular weight is 500 g/mol. The molecule has 5 nitrogen and oxygen atoms in total. The standard InChI is InChI=1S/C29H42NO4P/c1-24(2)23-28(31)30-21-11-3-4-12-22-33-35(32)34-27-17-19-29(20-18-27,25-13-7-5-8-14-25)26-15-9-6-10-16-26/h5-10,13-16,24,27,32H,3-4,11-12,17-23H2,1-2H3,(H,30,31). The van der Waals surface area contributed by atoms with Gasteiger partial charge in [0.25, 0.3) is 0 Å². The van der Waals surface area contributed by atoms with Crippen molar-refractivity contribution in [2.75, 3.05) is 13.2 Å². The summed E-state index contributed by atoms with van der Waals surface area (Å²) in [5.41, 5.74) is 2.70. The number of nitrogens with one attached hydrogen (secondary N) is 1. The molecular weight excluding hydrogens is 457 g/mol. The van der Waals surface area contributed by atoms with Gasteiger partial charge in [0.1, 0.15) is 0 Å². The Bertz CT molecular complexity index is 812. The average Bonchev–Trinajstić information content (AvgIpc) is 2.87. The molecule has 0 spiro atoms. The first-order chi connectivity index (χ1) is 17.0. The molecule has 6 heteroatoms. The van der Waals surface area contributed by atoms with E-state index in [9.17, 15) is 9.69 Å². The quantitative estimate of drug-likeness (QED) is 0.219. The maximum atomic E-state index is 11.6. The van der Waals surface area contributed by atoms with Crippen LogP contribution in [0.3, 0.4) is 0 Å². The third kappa shape index (κ3) is 8.99. The van der Waals surface area contributed by atoms with E-state index >= 15 is 0 Å². The normalized spacial score (nSPS) is 16.8. The van der Waals surface area contributed by atoms with E-state index in [0.29, 0.717) is 18.9 Å². The third-order valence-electron chi connectivity index (χ3n) is 6.87. The summed E-state index contributed by atoms with van der Waals surface area (Å²) in [5, 5.41) is 2.97. The molecule has 1 fully saturated rings. The Morgan fingerprint density at radius 1 is 0.971 bits per heavy atom. The van der Waals surface area contributed by atoms with Crippen LogP contribution in [-0.4, -0.2) is 30.1 Å². The molecule has 3 rings (SSSR count). The van der Waals surface area contributed by atoms with Gasteiger partial charge in [0, 0.05) is 18.4 Å². The number of unbranched alkanes of at least 4 members (excludes halogenated alkanes) is 3. The first-order valence-corrected chi connectivity index (χ1v) is 14.3. The SMILES string of the molecule is CC(C)CC(=O)NCCCCCCOP(O)OC1CCC(c2ccccc2)(c2ccccc2)CC1. The second-order valence-corrected chi connectivity index (χ2v) is 11.0. The summed E-state index contributed by atoms with van der Waals surface area (Å²) in [6.07, 6.45) is 8.31. The highest BCUT2D eigenvalue weighted by Gasteiger charge is 2.39. The Labute approximate surface area is 212 Å². The molecule has 192 valence electrons. The third-order valence-corrected chi connectivity index (χ3v) is 7.75. The summed E-state index contributed by atoms with van der Waals surface area (Å²) in [4.78, 5) is 21.9. The van der Waals surface area contributed by atoms with Crippen LogP contribution in [0.25, 0.3) is 0 Å². The summed E-state index contributed by atoms with van der Waals surface area (Å²) in [6, 6.07) is 21.5. The number of rotatable bonds is 14. The van der Waals surface area contributed by atoms with Crippen molar-refractivity contribution >= 4 is 14.5 Å². The molecule has 0 saturated heterocycles. The van der Waals surface area contributed by atoms with Gasteiger partial charge in [-0.05, 0) is 55.6 Å². The molecule has 1 amide bonds. The number of hydrogen-bond donors (Lipinski definition) is 2. The Hall–Kier alpha value is -1.78. The summed E-state index contributed by atoms with van der Waals surface area (Å²) >= 11 is 0. The first-order valence-electron chi connectivity index (χ1n) is 13.2. The van der Waals surface area contributed by atoms with Crippen molar-refractivity contribution in [2.45, 2.75) is 83.2 Å². The summed E-state index contributed by atoms with van der Waals surface area (Å²) in [7, 11) is -1.84. The Kier molecular flexibility index (Phi) is 11.7. The minimum absolute atomic E-state index is 0.00426. The second-order valence-electron chi connectivity index (χ2n) is 10.1. The van der Waals surface area contributed by atoms with Gasteiger partial charge in [0.2, 0.25) is 5.91 Å². The van der Waals surface area contributed by atoms with Crippen molar-refractivity contribution in [2.24, 2.45) is 5.92 Å². The predicted octanol–water partition coefficient (Wildman–Crippen LogP) is 6.89. The van der Waals surface area contributed by atoms with E-state index in [1.54, 1.807) is 0 Å². The first kappa shape index (κ1) is 27.8. The fraction of sp³-hybridized carbons (Fsp3) is 0.552. The molecule has 1 saturated carbocycles. The lowest BCUT2D eigenvalue weighted by molar-refractivity contribution is -0.121. The van der Waals surface area contributed by atoms with Crippen molar-refractivity contribution in [3.8, 4) is 0 Å². The topological polar surface area (TPSA) is 67.8 Å². The molecule has 2 aromatic rings. The molecule has 0 aromatic heterocycles. The van der Waals surface area contributed by atoms with Gasteiger partial charge in [-0.2, -0.15) is 0 Å². The number of amides is 1. The molecule has 2 N–H and O–H groups in total. The van der Waals surface area contributed by atoms with Crippen molar-refractivity contribution in [1.82, 2.24) is 5.32 Å². The van der Waals surface area contributed by atoms with E-state index in [-0.39, 0.29) is 17.4 Å². The minimum atomic E-state index is -1.84. The monoisotopic (exact) mass is 499 g/mol. The van der Waals surface area contributed by atoms with Crippen molar-refractivity contribution in [1.29, 1.82) is 0 Å². The van der Waals surface area contributed by atoms with Gasteiger partial charge in [-0.1, -0.05) is 87.4 Å². The lowest BCUT2D eigenvalue weighted by atomic mass is 9.65. The van der Waals surface area contributed by atoms with Crippen LogP contribution < -0.4 is 5.32 Å². The predicted molar refractivity (Wildman–Crippen MR) is 143 cm³/mol. The van der Waals surface area contributed by atoms with Crippen LogP contribution in [0.4, 0.5) is 0 Å². The molecule has 0 heterocycles. The van der Waals surface area contributed by atoms with Gasteiger partial charge in [-0.25, -0.2) is 0 Å². The van der Waals surface area contributed by atoms with Crippen molar-refractivity contribution in [3.63, 3.8) is 0 Å². The molecule has 1 aliphatic rings. The minimum Gasteiger partial charge on any atom is -0.356 e. The number of benzene rings is 2. The molecule has 0 bridgehead atoms. The van der Waals surface area contributed by atoms with Gasteiger partial charge in [-0.15, -0.1) is 0 Å². The van der Waals surface area contributed by atoms with Crippen molar-refractivity contribution < 1.29 is 18.7 Å². The lowest BCUT2D eigenvalue weighted by Gasteiger charge is -2.41. The lowest BCUT2D eigenvalue weighted by Crippen LogP contribution is -2.35. The van der Waals surface area contributed by atoms with Gasteiger partial charge in [0.05, 0.1) is 12.7 Å². The van der Waals surface area contributed by atoms with Gasteiger partial charge >= 0.3 is 8.60 Å². The Morgan fingerprint density at radius 2 is 1.54 bits per heavy atom. The van der Waals surface area contributed by atoms with Crippen LogP contribution in [-0.2, 0) is 19.3 Å². The maximum absolute atomic E-state index is 11.6. The summed E-state index contributed by atoms with van der Waals surface area (Å²) < 4.78 is 11.5. The summed E-state index contributed by atoms with van der Waals surface area (Å²) in [5.74, 6) is 0.533. The Morgan fingerprint density at radius 3 is 2.11 bits per heavy atom. The number of carbonyl (C=O) groups is 1. The Balaban J connectivity index is 1.34. The van der Waals surface area contributed by atoms with E-state index in [1.807, 2.05) is 0 Å². The van der Waals surface area contributed by atoms with Crippen LogP contribution >= 0.6 is 8.60 Å². The highest BCUT2D eigenvalue weighted by Crippen LogP contribution is 2.48. The van der Waals surface area contributed by atoms with E-state index in [2.05, 4.69) is 79.8 Å². The molecule has 0 aliphatic heterocycles. The largest absolute Gasteiger partial charge is 0.356 e. The zero-order chi connectivity index (χ0) is 24.9. The van der Waals surface area contributed by atoms with Crippen LogP contribution in [0.5, 0.6) is 0 Å². The second kappa shape index (κ2) is 14.7. The molecule has 1 atom stereocenters. The summed E-state index contributed by atoms with van der Waals surface area (Å²) in [6.45, 7) is 5.34.